The highest BCUT2D eigenvalue weighted by Crippen LogP contribution is 2.63. The molecule has 1 aromatic heterocycles. The summed E-state index contributed by atoms with van der Waals surface area (Å²) in [6, 6.07) is 29.0. The molecule has 196 valence electrons. The van der Waals surface area contributed by atoms with Gasteiger partial charge in [-0.05, 0) is 55.5 Å². The average Bonchev–Trinajstić information content (AvgIpc) is 3.21. The average molecular weight is 535 g/mol. The van der Waals surface area contributed by atoms with Gasteiger partial charge in [0, 0.05) is 38.8 Å². The van der Waals surface area contributed by atoms with E-state index in [1.807, 2.05) is 75.4 Å². The Bertz CT molecular complexity index is 1660. The molecule has 1 heterocycles. The van der Waals surface area contributed by atoms with Crippen molar-refractivity contribution in [2.75, 3.05) is 0 Å². The number of benzene rings is 4. The van der Waals surface area contributed by atoms with Crippen LogP contribution in [0.25, 0.3) is 21.8 Å². The monoisotopic (exact) mass is 534 g/mol. The van der Waals surface area contributed by atoms with Crippen molar-refractivity contribution in [3.8, 4) is 5.75 Å². The van der Waals surface area contributed by atoms with Crippen molar-refractivity contribution in [2.45, 2.75) is 45.6 Å². The first-order valence-electron chi connectivity index (χ1n) is 12.6. The van der Waals surface area contributed by atoms with Crippen molar-refractivity contribution in [3.63, 3.8) is 0 Å². The Balaban J connectivity index is 1.89. The molecule has 0 aliphatic carbocycles. The molecule has 5 aromatic rings. The number of nitrogens with zero attached hydrogens (tertiary/aromatic N) is 2. The molecule has 0 amide bonds. The molecule has 0 aliphatic rings. The normalized spacial score (nSPS) is 14.0. The van der Waals surface area contributed by atoms with Crippen molar-refractivity contribution in [1.29, 1.82) is 0 Å². The summed E-state index contributed by atoms with van der Waals surface area (Å²) in [6.07, 6.45) is -4.54. The standard InChI is InChI=1S/C31H30F3N2OP/c1-5-36-28-18-12-9-15-24(28)25-21-23(19-20-29(25)36)38(30(2,3)4,37-22-13-7-6-8-14-22)35-27-17-11-10-16-26(27)31(32,33)34/h6-21H,5H2,1-4H3. The number of aromatic nitrogens is 1. The van der Waals surface area contributed by atoms with Gasteiger partial charge in [-0.1, -0.05) is 69.3 Å². The lowest BCUT2D eigenvalue weighted by atomic mass is 10.1. The smallest absolute Gasteiger partial charge is 0.418 e. The molecule has 0 N–H and O–H groups in total. The van der Waals surface area contributed by atoms with Gasteiger partial charge in [0.25, 0.3) is 0 Å². The molecule has 4 aromatic carbocycles. The minimum absolute atomic E-state index is 0.115. The van der Waals surface area contributed by atoms with Crippen LogP contribution in [0, 0.1) is 0 Å². The number of hydrogen-bond donors (Lipinski definition) is 0. The maximum Gasteiger partial charge on any atom is 0.418 e. The van der Waals surface area contributed by atoms with Crippen LogP contribution in [0.3, 0.4) is 0 Å². The van der Waals surface area contributed by atoms with Crippen LogP contribution in [0.1, 0.15) is 33.3 Å². The van der Waals surface area contributed by atoms with Crippen molar-refractivity contribution in [3.05, 3.63) is 103 Å². The topological polar surface area (TPSA) is 26.5 Å². The zero-order chi connectivity index (χ0) is 27.1. The first-order valence-corrected chi connectivity index (χ1v) is 14.3. The third kappa shape index (κ3) is 4.52. The summed E-state index contributed by atoms with van der Waals surface area (Å²) in [6.45, 7) is 8.87. The van der Waals surface area contributed by atoms with Gasteiger partial charge in [-0.3, -0.25) is 0 Å². The first-order chi connectivity index (χ1) is 18.0. The Morgan fingerprint density at radius 3 is 2.08 bits per heavy atom. The summed E-state index contributed by atoms with van der Waals surface area (Å²) < 4.78 is 56.3. The minimum atomic E-state index is -4.54. The van der Waals surface area contributed by atoms with Crippen LogP contribution in [-0.2, 0) is 12.7 Å². The molecule has 1 unspecified atom stereocenters. The van der Waals surface area contributed by atoms with E-state index in [0.29, 0.717) is 5.75 Å². The lowest BCUT2D eigenvalue weighted by Crippen LogP contribution is -2.27. The summed E-state index contributed by atoms with van der Waals surface area (Å²) in [5.74, 6) is 0.570. The van der Waals surface area contributed by atoms with E-state index in [-0.39, 0.29) is 5.69 Å². The van der Waals surface area contributed by atoms with E-state index in [0.717, 1.165) is 39.7 Å². The van der Waals surface area contributed by atoms with Crippen molar-refractivity contribution < 1.29 is 17.7 Å². The highest BCUT2D eigenvalue weighted by Gasteiger charge is 2.41. The third-order valence-corrected chi connectivity index (χ3v) is 10.5. The van der Waals surface area contributed by atoms with Gasteiger partial charge in [0.1, 0.15) is 5.75 Å². The van der Waals surface area contributed by atoms with Crippen LogP contribution in [-0.4, -0.2) is 9.72 Å². The quantitative estimate of drug-likeness (QED) is 0.206. The summed E-state index contributed by atoms with van der Waals surface area (Å²) in [7, 11) is -3.14. The van der Waals surface area contributed by atoms with Gasteiger partial charge in [0.05, 0.1) is 11.3 Å². The number of halogens is 3. The number of aryl methyl sites for hydroxylation is 1. The van der Waals surface area contributed by atoms with E-state index in [1.165, 1.54) is 12.1 Å². The van der Waals surface area contributed by atoms with E-state index in [4.69, 9.17) is 9.27 Å². The number of alkyl halides is 3. The Labute approximate surface area is 221 Å². The van der Waals surface area contributed by atoms with Crippen LogP contribution in [0.15, 0.2) is 102 Å². The molecular weight excluding hydrogens is 504 g/mol. The van der Waals surface area contributed by atoms with Crippen LogP contribution in [0.2, 0.25) is 0 Å². The van der Waals surface area contributed by atoms with Crippen molar-refractivity contribution in [1.82, 2.24) is 4.57 Å². The summed E-state index contributed by atoms with van der Waals surface area (Å²) in [4.78, 5) is 0. The maximum atomic E-state index is 14.1. The molecule has 7 heteroatoms. The number of hydrogen-bond acceptors (Lipinski definition) is 2. The fourth-order valence-electron chi connectivity index (χ4n) is 4.96. The lowest BCUT2D eigenvalue weighted by Gasteiger charge is -2.37. The summed E-state index contributed by atoms with van der Waals surface area (Å²) in [5.41, 5.74) is 1.30. The number of para-hydroxylation sites is 2. The van der Waals surface area contributed by atoms with Crippen molar-refractivity contribution in [2.24, 2.45) is 4.74 Å². The Morgan fingerprint density at radius 2 is 1.39 bits per heavy atom. The summed E-state index contributed by atoms with van der Waals surface area (Å²) in [5, 5.41) is 2.29. The predicted octanol–water partition coefficient (Wildman–Crippen LogP) is 9.78. The maximum absolute atomic E-state index is 14.1. The van der Waals surface area contributed by atoms with Crippen LogP contribution in [0.4, 0.5) is 18.9 Å². The SMILES string of the molecule is CCn1c2ccccc2c2cc(P(=Nc3ccccc3C(F)(F)F)(Oc3ccccc3)C(C)(C)C)ccc21. The molecular formula is C31H30F3N2OP. The van der Waals surface area contributed by atoms with E-state index < -0.39 is 24.2 Å². The van der Waals surface area contributed by atoms with Crippen LogP contribution in [0.5, 0.6) is 5.75 Å². The Hall–Kier alpha value is -3.50. The molecule has 0 fully saturated rings. The molecule has 5 rings (SSSR count). The number of rotatable bonds is 5. The zero-order valence-electron chi connectivity index (χ0n) is 21.8. The second kappa shape index (κ2) is 9.67. The van der Waals surface area contributed by atoms with E-state index in [2.05, 4.69) is 29.7 Å². The van der Waals surface area contributed by atoms with Gasteiger partial charge in [0.15, 0.2) is 7.28 Å². The van der Waals surface area contributed by atoms with Crippen LogP contribution >= 0.6 is 7.28 Å². The fraction of sp³-hybridized carbons (Fsp3) is 0.226. The van der Waals surface area contributed by atoms with Gasteiger partial charge in [-0.25, -0.2) is 4.74 Å². The van der Waals surface area contributed by atoms with E-state index in [9.17, 15) is 13.2 Å². The molecule has 0 bridgehead atoms. The molecule has 0 spiro atoms. The molecule has 38 heavy (non-hydrogen) atoms. The molecule has 0 radical (unpaired) electrons. The highest BCUT2D eigenvalue weighted by molar-refractivity contribution is 7.71. The van der Waals surface area contributed by atoms with E-state index in [1.54, 1.807) is 6.07 Å². The van der Waals surface area contributed by atoms with Gasteiger partial charge >= 0.3 is 6.18 Å². The summed E-state index contributed by atoms with van der Waals surface area (Å²) >= 11 is 0. The molecule has 0 saturated heterocycles. The lowest BCUT2D eigenvalue weighted by molar-refractivity contribution is -0.137. The van der Waals surface area contributed by atoms with Crippen LogP contribution < -0.4 is 9.83 Å². The Kier molecular flexibility index (Phi) is 6.65. The van der Waals surface area contributed by atoms with Gasteiger partial charge < -0.3 is 9.09 Å². The minimum Gasteiger partial charge on any atom is -0.455 e. The molecule has 1 atom stereocenters. The van der Waals surface area contributed by atoms with E-state index >= 15 is 0 Å². The molecule has 3 nitrogen and oxygen atoms in total. The highest BCUT2D eigenvalue weighted by atomic mass is 31.2. The van der Waals surface area contributed by atoms with Crippen molar-refractivity contribution >= 4 is 40.1 Å². The second-order valence-corrected chi connectivity index (χ2v) is 13.6. The third-order valence-electron chi connectivity index (χ3n) is 6.77. The largest absolute Gasteiger partial charge is 0.455 e. The van der Waals surface area contributed by atoms with Gasteiger partial charge in [-0.2, -0.15) is 13.2 Å². The fourth-order valence-corrected chi connectivity index (χ4v) is 8.06. The molecule has 0 saturated carbocycles. The van der Waals surface area contributed by atoms with Gasteiger partial charge in [-0.15, -0.1) is 0 Å². The number of fused-ring (bicyclic) bond motifs is 3. The molecule has 0 aliphatic heterocycles. The first kappa shape index (κ1) is 26.1. The Morgan fingerprint density at radius 1 is 0.763 bits per heavy atom. The second-order valence-electron chi connectivity index (χ2n) is 10.2. The van der Waals surface area contributed by atoms with Gasteiger partial charge in [0.2, 0.25) is 0 Å². The predicted molar refractivity (Wildman–Crippen MR) is 152 cm³/mol. The zero-order valence-corrected chi connectivity index (χ0v) is 22.7.